The molecule has 122 valence electrons. The van der Waals surface area contributed by atoms with Crippen LogP contribution >= 0.6 is 23.2 Å². The molecular weight excluding hydrogens is 341 g/mol. The number of nitrogens with zero attached hydrogens (tertiary/aromatic N) is 1. The third-order valence-corrected chi connectivity index (χ3v) is 5.04. The van der Waals surface area contributed by atoms with E-state index in [4.69, 9.17) is 23.2 Å². The van der Waals surface area contributed by atoms with Gasteiger partial charge in [-0.3, -0.25) is 14.5 Å². The summed E-state index contributed by atoms with van der Waals surface area (Å²) in [5.74, 6) is -0.732. The Labute approximate surface area is 143 Å². The minimum absolute atomic E-state index is 0.148. The summed E-state index contributed by atoms with van der Waals surface area (Å²) in [5.41, 5.74) is -0.563. The fraction of sp³-hybridized carbons (Fsp3) is 0.400. The van der Waals surface area contributed by atoms with Gasteiger partial charge in [0.05, 0.1) is 15.7 Å². The smallest absolute Gasteiger partial charge is 0.323 e. The van der Waals surface area contributed by atoms with Crippen LogP contribution in [-0.2, 0) is 9.59 Å². The first kappa shape index (κ1) is 16.1. The molecule has 1 atom stereocenters. The van der Waals surface area contributed by atoms with Crippen molar-refractivity contribution in [3.05, 3.63) is 28.2 Å². The molecule has 0 spiro atoms. The zero-order chi connectivity index (χ0) is 16.8. The van der Waals surface area contributed by atoms with Crippen molar-refractivity contribution in [3.63, 3.8) is 0 Å². The molecule has 1 aliphatic carbocycles. The van der Waals surface area contributed by atoms with Crippen LogP contribution in [0.15, 0.2) is 18.2 Å². The number of carbonyl (C=O) groups is 3. The molecule has 1 saturated heterocycles. The molecule has 1 aromatic carbocycles. The van der Waals surface area contributed by atoms with Crippen molar-refractivity contribution in [3.8, 4) is 0 Å². The topological polar surface area (TPSA) is 78.5 Å². The van der Waals surface area contributed by atoms with Gasteiger partial charge in [0.15, 0.2) is 0 Å². The zero-order valence-electron chi connectivity index (χ0n) is 12.4. The Hall–Kier alpha value is -1.79. The number of hydrogen-bond donors (Lipinski definition) is 2. The summed E-state index contributed by atoms with van der Waals surface area (Å²) in [4.78, 5) is 37.5. The Morgan fingerprint density at radius 1 is 1.39 bits per heavy atom. The highest BCUT2D eigenvalue weighted by molar-refractivity contribution is 6.44. The second-order valence-corrected chi connectivity index (χ2v) is 6.73. The monoisotopic (exact) mass is 355 g/mol. The largest absolute Gasteiger partial charge is 0.325 e. The molecule has 8 heteroatoms. The molecule has 0 aromatic heterocycles. The predicted molar refractivity (Wildman–Crippen MR) is 86.5 cm³/mol. The van der Waals surface area contributed by atoms with Crippen molar-refractivity contribution in [2.45, 2.75) is 25.3 Å². The second-order valence-electron chi connectivity index (χ2n) is 5.95. The molecule has 2 aliphatic rings. The number of carbonyl (C=O) groups excluding carboxylic acids is 3. The van der Waals surface area contributed by atoms with E-state index in [1.54, 1.807) is 25.1 Å². The van der Waals surface area contributed by atoms with E-state index < -0.39 is 17.5 Å². The highest BCUT2D eigenvalue weighted by atomic mass is 35.5. The van der Waals surface area contributed by atoms with E-state index in [1.165, 1.54) is 0 Å². The summed E-state index contributed by atoms with van der Waals surface area (Å²) in [5, 5.41) is 5.77. The van der Waals surface area contributed by atoms with Crippen LogP contribution in [0.1, 0.15) is 19.8 Å². The lowest BCUT2D eigenvalue weighted by molar-refractivity contribution is -0.134. The second kappa shape index (κ2) is 5.69. The van der Waals surface area contributed by atoms with Gasteiger partial charge in [-0.15, -0.1) is 0 Å². The van der Waals surface area contributed by atoms with Crippen molar-refractivity contribution >= 4 is 46.7 Å². The normalized spacial score (nSPS) is 23.9. The molecule has 1 heterocycles. The maximum Gasteiger partial charge on any atom is 0.325 e. The third-order valence-electron chi connectivity index (χ3n) is 4.22. The van der Waals surface area contributed by atoms with Crippen LogP contribution < -0.4 is 10.6 Å². The fourth-order valence-electron chi connectivity index (χ4n) is 2.73. The Bertz CT molecular complexity index is 705. The Morgan fingerprint density at radius 2 is 2.09 bits per heavy atom. The van der Waals surface area contributed by atoms with Crippen LogP contribution in [-0.4, -0.2) is 34.8 Å². The number of amides is 4. The van der Waals surface area contributed by atoms with Crippen molar-refractivity contribution in [1.29, 1.82) is 0 Å². The molecule has 1 aliphatic heterocycles. The first-order valence-electron chi connectivity index (χ1n) is 7.21. The maximum absolute atomic E-state index is 12.4. The van der Waals surface area contributed by atoms with Gasteiger partial charge >= 0.3 is 6.03 Å². The Balaban J connectivity index is 1.69. The minimum atomic E-state index is -0.898. The fourth-order valence-corrected chi connectivity index (χ4v) is 3.08. The van der Waals surface area contributed by atoms with Crippen LogP contribution in [0, 0.1) is 5.92 Å². The predicted octanol–water partition coefficient (Wildman–Crippen LogP) is 2.65. The lowest BCUT2D eigenvalue weighted by Crippen LogP contribution is -2.46. The molecule has 1 unspecified atom stereocenters. The van der Waals surface area contributed by atoms with Gasteiger partial charge in [0.25, 0.3) is 5.91 Å². The number of nitrogens with one attached hydrogen (secondary N) is 2. The highest BCUT2D eigenvalue weighted by Crippen LogP contribution is 2.42. The van der Waals surface area contributed by atoms with Crippen molar-refractivity contribution in [2.75, 3.05) is 11.9 Å². The molecule has 0 bridgehead atoms. The Kier molecular flexibility index (Phi) is 3.98. The number of rotatable bonds is 4. The quantitative estimate of drug-likeness (QED) is 0.814. The number of benzene rings is 1. The van der Waals surface area contributed by atoms with E-state index in [2.05, 4.69) is 10.6 Å². The van der Waals surface area contributed by atoms with Gasteiger partial charge in [-0.2, -0.15) is 0 Å². The van der Waals surface area contributed by atoms with E-state index in [1.807, 2.05) is 0 Å². The summed E-state index contributed by atoms with van der Waals surface area (Å²) in [6.45, 7) is 1.34. The third kappa shape index (κ3) is 2.88. The average molecular weight is 356 g/mol. The average Bonchev–Trinajstić information content (AvgIpc) is 3.30. The van der Waals surface area contributed by atoms with E-state index in [-0.39, 0.29) is 23.4 Å². The first-order valence-corrected chi connectivity index (χ1v) is 7.96. The number of urea groups is 1. The lowest BCUT2D eigenvalue weighted by atomic mass is 9.96. The number of anilines is 1. The van der Waals surface area contributed by atoms with Crippen molar-refractivity contribution < 1.29 is 14.4 Å². The molecule has 23 heavy (non-hydrogen) atoms. The molecule has 2 N–H and O–H groups in total. The SMILES string of the molecule is CC1(C2CC2)NC(=O)N(CC(=O)Nc2cccc(Cl)c2Cl)C1=O. The molecule has 4 amide bonds. The van der Waals surface area contributed by atoms with E-state index in [9.17, 15) is 14.4 Å². The van der Waals surface area contributed by atoms with Gasteiger partial charge in [-0.05, 0) is 37.8 Å². The van der Waals surface area contributed by atoms with Crippen LogP contribution in [0.25, 0.3) is 0 Å². The summed E-state index contributed by atoms with van der Waals surface area (Å²) in [6, 6.07) is 4.28. The summed E-state index contributed by atoms with van der Waals surface area (Å²) in [6.07, 6.45) is 1.81. The minimum Gasteiger partial charge on any atom is -0.323 e. The number of hydrogen-bond acceptors (Lipinski definition) is 3. The number of halogens is 2. The standard InChI is InChI=1S/C15H15Cl2N3O3/c1-15(8-5-6-8)13(22)20(14(23)19-15)7-11(21)18-10-4-2-3-9(16)12(10)17/h2-4,8H,5-7H2,1H3,(H,18,21)(H,19,23). The van der Waals surface area contributed by atoms with Gasteiger partial charge in [-0.25, -0.2) is 4.79 Å². The van der Waals surface area contributed by atoms with Crippen LogP contribution in [0.5, 0.6) is 0 Å². The molecule has 1 saturated carbocycles. The van der Waals surface area contributed by atoms with Gasteiger partial charge in [-0.1, -0.05) is 29.3 Å². The zero-order valence-corrected chi connectivity index (χ0v) is 13.9. The summed E-state index contributed by atoms with van der Waals surface area (Å²) < 4.78 is 0. The molecule has 1 aromatic rings. The van der Waals surface area contributed by atoms with Crippen LogP contribution in [0.2, 0.25) is 10.0 Å². The van der Waals surface area contributed by atoms with Crippen LogP contribution in [0.4, 0.5) is 10.5 Å². The van der Waals surface area contributed by atoms with Crippen LogP contribution in [0.3, 0.4) is 0 Å². The molecule has 3 rings (SSSR count). The van der Waals surface area contributed by atoms with Gasteiger partial charge in [0.1, 0.15) is 12.1 Å². The first-order chi connectivity index (χ1) is 10.8. The van der Waals surface area contributed by atoms with Crippen molar-refractivity contribution in [2.24, 2.45) is 5.92 Å². The molecule has 0 radical (unpaired) electrons. The highest BCUT2D eigenvalue weighted by Gasteiger charge is 2.56. The summed E-state index contributed by atoms with van der Waals surface area (Å²) in [7, 11) is 0. The van der Waals surface area contributed by atoms with Gasteiger partial charge in [0, 0.05) is 0 Å². The molecule has 6 nitrogen and oxygen atoms in total. The van der Waals surface area contributed by atoms with E-state index in [0.717, 1.165) is 17.7 Å². The van der Waals surface area contributed by atoms with E-state index in [0.29, 0.717) is 10.7 Å². The van der Waals surface area contributed by atoms with Gasteiger partial charge < -0.3 is 10.6 Å². The van der Waals surface area contributed by atoms with Gasteiger partial charge in [0.2, 0.25) is 5.91 Å². The Morgan fingerprint density at radius 3 is 2.74 bits per heavy atom. The maximum atomic E-state index is 12.4. The van der Waals surface area contributed by atoms with E-state index >= 15 is 0 Å². The lowest BCUT2D eigenvalue weighted by Gasteiger charge is -2.20. The number of imide groups is 1. The molecular formula is C15H15Cl2N3O3. The molecule has 2 fully saturated rings. The van der Waals surface area contributed by atoms with Crippen molar-refractivity contribution in [1.82, 2.24) is 10.2 Å². The summed E-state index contributed by atoms with van der Waals surface area (Å²) >= 11 is 11.9.